The Morgan fingerprint density at radius 3 is 2.93 bits per heavy atom. The van der Waals surface area contributed by atoms with E-state index in [-0.39, 0.29) is 6.61 Å². The van der Waals surface area contributed by atoms with E-state index in [9.17, 15) is 0 Å². The summed E-state index contributed by atoms with van der Waals surface area (Å²) in [5, 5.41) is 10.1. The lowest BCUT2D eigenvalue weighted by atomic mass is 10.1. The molecule has 0 radical (unpaired) electrons. The number of ether oxygens (including phenoxy) is 1. The van der Waals surface area contributed by atoms with E-state index in [4.69, 9.17) is 9.84 Å². The number of aliphatic hydroxyl groups is 1. The van der Waals surface area contributed by atoms with E-state index in [1.165, 1.54) is 0 Å². The molecule has 3 heteroatoms. The summed E-state index contributed by atoms with van der Waals surface area (Å²) in [6, 6.07) is 7.45. The predicted octanol–water partition coefficient (Wildman–Crippen LogP) is 1.74. The Morgan fingerprint density at radius 2 is 2.21 bits per heavy atom. The third-order valence-electron chi connectivity index (χ3n) is 2.21. The predicted molar refractivity (Wildman–Crippen MR) is 54.2 cm³/mol. The number of benzene rings is 1. The molecular weight excluding hydrogens is 178 g/mol. The van der Waals surface area contributed by atoms with Gasteiger partial charge in [0.2, 0.25) is 0 Å². The largest absolute Gasteiger partial charge is 0.494 e. The van der Waals surface area contributed by atoms with Crippen LogP contribution in [0.25, 0.3) is 10.9 Å². The number of hydrogen-bond donors (Lipinski definition) is 1. The molecule has 14 heavy (non-hydrogen) atoms. The van der Waals surface area contributed by atoms with Gasteiger partial charge < -0.3 is 9.84 Å². The number of hydrogen-bond acceptors (Lipinski definition) is 3. The van der Waals surface area contributed by atoms with Crippen LogP contribution in [0.4, 0.5) is 0 Å². The fourth-order valence-corrected chi connectivity index (χ4v) is 1.51. The second-order valence-corrected chi connectivity index (χ2v) is 2.98. The molecule has 0 saturated carbocycles. The summed E-state index contributed by atoms with van der Waals surface area (Å²) < 4.78 is 5.18. The fourth-order valence-electron chi connectivity index (χ4n) is 1.51. The van der Waals surface area contributed by atoms with Crippen molar-refractivity contribution in [3.63, 3.8) is 0 Å². The zero-order valence-electron chi connectivity index (χ0n) is 7.90. The first-order chi connectivity index (χ1) is 6.86. The molecule has 0 aliphatic carbocycles. The van der Waals surface area contributed by atoms with E-state index in [0.29, 0.717) is 0 Å². The summed E-state index contributed by atoms with van der Waals surface area (Å²) in [6.45, 7) is 0.0200. The Balaban J connectivity index is 2.78. The number of pyridine rings is 1. The first-order valence-corrected chi connectivity index (χ1v) is 4.38. The van der Waals surface area contributed by atoms with Crippen LogP contribution in [0.15, 0.2) is 30.5 Å². The van der Waals surface area contributed by atoms with Gasteiger partial charge in [-0.3, -0.25) is 4.98 Å². The van der Waals surface area contributed by atoms with Crippen molar-refractivity contribution in [2.75, 3.05) is 7.11 Å². The van der Waals surface area contributed by atoms with Crippen LogP contribution >= 0.6 is 0 Å². The molecule has 1 aromatic heterocycles. The van der Waals surface area contributed by atoms with Gasteiger partial charge in [-0.15, -0.1) is 0 Å². The van der Waals surface area contributed by atoms with Crippen molar-refractivity contribution in [2.24, 2.45) is 0 Å². The van der Waals surface area contributed by atoms with Crippen LogP contribution in [-0.2, 0) is 6.61 Å². The minimum Gasteiger partial charge on any atom is -0.494 e. The highest BCUT2D eigenvalue weighted by atomic mass is 16.5. The molecule has 0 amide bonds. The highest BCUT2D eigenvalue weighted by Crippen LogP contribution is 2.26. The average Bonchev–Trinajstić information content (AvgIpc) is 2.27. The quantitative estimate of drug-likeness (QED) is 0.782. The summed E-state index contributed by atoms with van der Waals surface area (Å²) in [7, 11) is 1.61. The van der Waals surface area contributed by atoms with Crippen LogP contribution in [0.5, 0.6) is 5.75 Å². The molecule has 72 valence electrons. The van der Waals surface area contributed by atoms with Gasteiger partial charge in [0.15, 0.2) is 0 Å². The van der Waals surface area contributed by atoms with E-state index in [0.717, 1.165) is 22.2 Å². The van der Waals surface area contributed by atoms with Gasteiger partial charge in [-0.05, 0) is 17.7 Å². The van der Waals surface area contributed by atoms with Gasteiger partial charge in [0.05, 0.1) is 13.7 Å². The number of methoxy groups -OCH3 is 1. The zero-order chi connectivity index (χ0) is 9.97. The molecule has 0 spiro atoms. The van der Waals surface area contributed by atoms with Crippen LogP contribution in [0.2, 0.25) is 0 Å². The smallest absolute Gasteiger partial charge is 0.145 e. The monoisotopic (exact) mass is 189 g/mol. The van der Waals surface area contributed by atoms with Crippen LogP contribution < -0.4 is 4.74 Å². The molecule has 3 nitrogen and oxygen atoms in total. The van der Waals surface area contributed by atoms with E-state index in [1.54, 1.807) is 13.3 Å². The van der Waals surface area contributed by atoms with Gasteiger partial charge >= 0.3 is 0 Å². The molecular formula is C11H11NO2. The van der Waals surface area contributed by atoms with Crippen molar-refractivity contribution < 1.29 is 9.84 Å². The lowest BCUT2D eigenvalue weighted by Gasteiger charge is -2.07. The summed E-state index contributed by atoms with van der Waals surface area (Å²) in [6.07, 6.45) is 1.71. The van der Waals surface area contributed by atoms with E-state index < -0.39 is 0 Å². The molecule has 1 N–H and O–H groups in total. The number of aromatic nitrogens is 1. The van der Waals surface area contributed by atoms with E-state index in [2.05, 4.69) is 4.98 Å². The van der Waals surface area contributed by atoms with Gasteiger partial charge in [-0.2, -0.15) is 0 Å². The zero-order valence-corrected chi connectivity index (χ0v) is 7.90. The number of fused-ring (bicyclic) bond motifs is 1. The molecule has 0 aliphatic rings. The summed E-state index contributed by atoms with van der Waals surface area (Å²) >= 11 is 0. The summed E-state index contributed by atoms with van der Waals surface area (Å²) in [4.78, 5) is 4.22. The minimum absolute atomic E-state index is 0.0200. The molecule has 0 saturated heterocycles. The van der Waals surface area contributed by atoms with Gasteiger partial charge in [0.25, 0.3) is 0 Å². The normalized spacial score (nSPS) is 10.4. The molecule has 2 aromatic rings. The maximum atomic E-state index is 9.13. The lowest BCUT2D eigenvalue weighted by Crippen LogP contribution is -1.91. The Kier molecular flexibility index (Phi) is 2.33. The van der Waals surface area contributed by atoms with Crippen molar-refractivity contribution >= 4 is 10.9 Å². The van der Waals surface area contributed by atoms with Crippen LogP contribution in [-0.4, -0.2) is 17.2 Å². The van der Waals surface area contributed by atoms with Crippen molar-refractivity contribution in [1.29, 1.82) is 0 Å². The Morgan fingerprint density at radius 1 is 1.36 bits per heavy atom. The number of nitrogens with zero attached hydrogens (tertiary/aromatic N) is 1. The highest BCUT2D eigenvalue weighted by Gasteiger charge is 2.05. The van der Waals surface area contributed by atoms with Gasteiger partial charge in [0, 0.05) is 11.6 Å². The second kappa shape index (κ2) is 3.64. The van der Waals surface area contributed by atoms with E-state index in [1.807, 2.05) is 24.3 Å². The SMILES string of the molecule is COc1ccc(CO)c2cccnc12. The fraction of sp³-hybridized carbons (Fsp3) is 0.182. The van der Waals surface area contributed by atoms with Crippen molar-refractivity contribution in [1.82, 2.24) is 4.98 Å². The first kappa shape index (κ1) is 8.97. The van der Waals surface area contributed by atoms with Crippen LogP contribution in [0.3, 0.4) is 0 Å². The average molecular weight is 189 g/mol. The standard InChI is InChI=1S/C11H11NO2/c1-14-10-5-4-8(7-13)9-3-2-6-12-11(9)10/h2-6,13H,7H2,1H3. The molecule has 1 aromatic carbocycles. The summed E-state index contributed by atoms with van der Waals surface area (Å²) in [5.41, 5.74) is 1.66. The molecule has 0 fully saturated rings. The Labute approximate surface area is 82.0 Å². The third kappa shape index (κ3) is 1.32. The summed E-state index contributed by atoms with van der Waals surface area (Å²) in [5.74, 6) is 0.734. The van der Waals surface area contributed by atoms with Crippen LogP contribution in [0, 0.1) is 0 Å². The van der Waals surface area contributed by atoms with Gasteiger partial charge in [-0.25, -0.2) is 0 Å². The topological polar surface area (TPSA) is 42.4 Å². The molecule has 2 rings (SSSR count). The third-order valence-corrected chi connectivity index (χ3v) is 2.21. The van der Waals surface area contributed by atoms with Crippen molar-refractivity contribution in [3.8, 4) is 5.75 Å². The highest BCUT2D eigenvalue weighted by molar-refractivity contribution is 5.87. The Hall–Kier alpha value is -1.61. The molecule has 0 unspecified atom stereocenters. The molecule has 1 heterocycles. The van der Waals surface area contributed by atoms with Gasteiger partial charge in [-0.1, -0.05) is 12.1 Å². The Bertz CT molecular complexity index is 411. The molecule has 0 bridgehead atoms. The number of aliphatic hydroxyl groups excluding tert-OH is 1. The van der Waals surface area contributed by atoms with E-state index >= 15 is 0 Å². The molecule has 0 atom stereocenters. The van der Waals surface area contributed by atoms with Crippen molar-refractivity contribution in [2.45, 2.75) is 6.61 Å². The number of rotatable bonds is 2. The first-order valence-electron chi connectivity index (χ1n) is 4.38. The van der Waals surface area contributed by atoms with Crippen molar-refractivity contribution in [3.05, 3.63) is 36.0 Å². The van der Waals surface area contributed by atoms with Crippen LogP contribution in [0.1, 0.15) is 5.56 Å². The lowest BCUT2D eigenvalue weighted by molar-refractivity contribution is 0.283. The minimum atomic E-state index is 0.0200. The second-order valence-electron chi connectivity index (χ2n) is 2.98. The maximum Gasteiger partial charge on any atom is 0.145 e. The van der Waals surface area contributed by atoms with Gasteiger partial charge in [0.1, 0.15) is 11.3 Å². The molecule has 0 aliphatic heterocycles. The maximum absolute atomic E-state index is 9.13.